The van der Waals surface area contributed by atoms with E-state index in [-0.39, 0.29) is 35.9 Å². The number of para-hydroxylation sites is 1. The van der Waals surface area contributed by atoms with E-state index in [0.29, 0.717) is 0 Å². The highest BCUT2D eigenvalue weighted by Crippen LogP contribution is 2.59. The molecule has 4 atom stereocenters. The summed E-state index contributed by atoms with van der Waals surface area (Å²) in [5.74, 6) is -0.432. The molecule has 2 aliphatic heterocycles. The van der Waals surface area contributed by atoms with Crippen LogP contribution in [0.25, 0.3) is 0 Å². The maximum Gasteiger partial charge on any atom is 0.308 e. The Morgan fingerprint density at radius 1 is 1.13 bits per heavy atom. The Kier molecular flexibility index (Phi) is 5.10. The second-order valence-electron chi connectivity index (χ2n) is 8.96. The number of methoxy groups -OCH3 is 1. The molecule has 2 aliphatic rings. The fraction of sp³-hybridized carbons (Fsp3) is 0.417. The molecule has 0 aliphatic carbocycles. The Morgan fingerprint density at radius 2 is 1.77 bits per heavy atom. The highest BCUT2D eigenvalue weighted by Gasteiger charge is 2.66. The van der Waals surface area contributed by atoms with Crippen LogP contribution >= 0.6 is 0 Å². The summed E-state index contributed by atoms with van der Waals surface area (Å²) in [5, 5.41) is 1.30. The van der Waals surface area contributed by atoms with Crippen molar-refractivity contribution < 1.29 is 19.1 Å². The number of carbonyl (C=O) groups excluding carboxylic acids is 2. The normalized spacial score (nSPS) is 28.1. The lowest BCUT2D eigenvalue weighted by Gasteiger charge is -2.36. The first-order chi connectivity index (χ1) is 14.2. The van der Waals surface area contributed by atoms with Crippen molar-refractivity contribution in [2.75, 3.05) is 19.1 Å². The van der Waals surface area contributed by atoms with Crippen molar-refractivity contribution in [1.29, 1.82) is 0 Å². The monoisotopic (exact) mass is 423 g/mol. The zero-order valence-electron chi connectivity index (χ0n) is 18.2. The molecule has 1 fully saturated rings. The molecule has 1 spiro atoms. The van der Waals surface area contributed by atoms with Crippen LogP contribution in [0.5, 0.6) is 0 Å². The smallest absolute Gasteiger partial charge is 0.308 e. The van der Waals surface area contributed by atoms with Gasteiger partial charge in [0.15, 0.2) is 5.60 Å². The molecule has 0 bridgehead atoms. The van der Waals surface area contributed by atoms with Gasteiger partial charge in [-0.05, 0) is 11.6 Å². The molecule has 6 heteroatoms. The van der Waals surface area contributed by atoms with E-state index >= 15 is 0 Å². The molecule has 0 radical (unpaired) electrons. The Bertz CT molecular complexity index is 976. The number of fused-ring (bicyclic) bond motifs is 2. The van der Waals surface area contributed by atoms with Crippen molar-refractivity contribution in [2.45, 2.75) is 43.7 Å². The summed E-state index contributed by atoms with van der Waals surface area (Å²) in [7, 11) is 1.08. The van der Waals surface area contributed by atoms with Gasteiger partial charge < -0.3 is 14.4 Å². The summed E-state index contributed by atoms with van der Waals surface area (Å²) in [5.41, 5.74) is 0.794. The van der Waals surface area contributed by atoms with Crippen molar-refractivity contribution in [3.8, 4) is 0 Å². The van der Waals surface area contributed by atoms with Crippen molar-refractivity contribution in [2.24, 2.45) is 5.92 Å². The second-order valence-corrected chi connectivity index (χ2v) is 13.6. The average molecular weight is 424 g/mol. The summed E-state index contributed by atoms with van der Waals surface area (Å²) < 4.78 is 11.7. The van der Waals surface area contributed by atoms with Crippen LogP contribution in [0.15, 0.2) is 54.6 Å². The molecule has 0 unspecified atom stereocenters. The van der Waals surface area contributed by atoms with Gasteiger partial charge in [0.1, 0.15) is 0 Å². The zero-order chi connectivity index (χ0) is 21.7. The number of hydrogen-bond acceptors (Lipinski definition) is 4. The number of likely N-dealkylation sites (N-methyl/N-ethyl adjacent to an activating group) is 1. The van der Waals surface area contributed by atoms with Gasteiger partial charge in [0, 0.05) is 18.5 Å². The van der Waals surface area contributed by atoms with Crippen LogP contribution in [-0.2, 0) is 24.7 Å². The summed E-state index contributed by atoms with van der Waals surface area (Å²) >= 11 is 0. The predicted octanol–water partition coefficient (Wildman–Crippen LogP) is 3.44. The molecule has 0 aromatic heterocycles. The molecule has 2 aromatic carbocycles. The number of carbonyl (C=O) groups is 2. The van der Waals surface area contributed by atoms with E-state index in [4.69, 9.17) is 9.47 Å². The molecular weight excluding hydrogens is 394 g/mol. The quantitative estimate of drug-likeness (QED) is 0.558. The molecule has 5 nitrogen and oxygen atoms in total. The van der Waals surface area contributed by atoms with Gasteiger partial charge in [0.25, 0.3) is 5.91 Å². The molecule has 0 N–H and O–H groups in total. The molecule has 2 heterocycles. The second kappa shape index (κ2) is 7.36. The van der Waals surface area contributed by atoms with Gasteiger partial charge in [-0.15, -0.1) is 0 Å². The molecule has 0 saturated carbocycles. The van der Waals surface area contributed by atoms with Crippen LogP contribution in [0.1, 0.15) is 18.9 Å². The van der Waals surface area contributed by atoms with Crippen LogP contribution < -0.4 is 10.1 Å². The maximum absolute atomic E-state index is 13.6. The minimum atomic E-state index is -2.12. The van der Waals surface area contributed by atoms with Crippen molar-refractivity contribution in [3.05, 3.63) is 60.2 Å². The molecule has 4 rings (SSSR count). The Labute approximate surface area is 179 Å². The zero-order valence-corrected chi connectivity index (χ0v) is 19.2. The highest BCUT2D eigenvalue weighted by atomic mass is 28.3. The van der Waals surface area contributed by atoms with E-state index in [2.05, 4.69) is 44.3 Å². The van der Waals surface area contributed by atoms with Gasteiger partial charge in [0.2, 0.25) is 0 Å². The third-order valence-corrected chi connectivity index (χ3v) is 11.5. The SMILES string of the molecule is COC(=O)C[C@H]1O[C@]2(C(=O)N(C)c3ccccc32)[C@@H](C)[C@@H]1[Si](C)(C)c1ccccc1. The van der Waals surface area contributed by atoms with Gasteiger partial charge >= 0.3 is 5.97 Å². The van der Waals surface area contributed by atoms with Crippen LogP contribution in [0.2, 0.25) is 18.6 Å². The molecule has 1 saturated heterocycles. The minimum absolute atomic E-state index is 0.0496. The first-order valence-electron chi connectivity index (χ1n) is 10.4. The van der Waals surface area contributed by atoms with Gasteiger partial charge in [-0.2, -0.15) is 0 Å². The first kappa shape index (κ1) is 20.8. The summed E-state index contributed by atoms with van der Waals surface area (Å²) in [4.78, 5) is 27.6. The largest absolute Gasteiger partial charge is 0.469 e. The van der Waals surface area contributed by atoms with E-state index < -0.39 is 13.7 Å². The number of rotatable bonds is 4. The van der Waals surface area contributed by atoms with Gasteiger partial charge in [-0.3, -0.25) is 9.59 Å². The fourth-order valence-corrected chi connectivity index (χ4v) is 9.70. The third kappa shape index (κ3) is 2.85. The van der Waals surface area contributed by atoms with Crippen molar-refractivity contribution in [1.82, 2.24) is 0 Å². The number of amides is 1. The Hall–Kier alpha value is -2.44. The van der Waals surface area contributed by atoms with Gasteiger partial charge in [0.05, 0.1) is 33.4 Å². The van der Waals surface area contributed by atoms with Crippen LogP contribution in [0.3, 0.4) is 0 Å². The number of ether oxygens (including phenoxy) is 2. The lowest BCUT2D eigenvalue weighted by atomic mass is 9.82. The van der Waals surface area contributed by atoms with E-state index in [0.717, 1.165) is 11.3 Å². The van der Waals surface area contributed by atoms with Crippen molar-refractivity contribution >= 4 is 30.8 Å². The number of hydrogen-bond donors (Lipinski definition) is 0. The van der Waals surface area contributed by atoms with Crippen molar-refractivity contribution in [3.63, 3.8) is 0 Å². The number of anilines is 1. The molecular formula is C24H29NO4Si. The Morgan fingerprint density at radius 3 is 2.43 bits per heavy atom. The number of esters is 1. The minimum Gasteiger partial charge on any atom is -0.469 e. The summed E-state index contributed by atoms with van der Waals surface area (Å²) in [6.07, 6.45) is -0.229. The lowest BCUT2D eigenvalue weighted by molar-refractivity contribution is -0.153. The van der Waals surface area contributed by atoms with Crippen LogP contribution in [0, 0.1) is 5.92 Å². The predicted molar refractivity (Wildman–Crippen MR) is 120 cm³/mol. The fourth-order valence-electron chi connectivity index (χ4n) is 5.67. The van der Waals surface area contributed by atoms with E-state index in [9.17, 15) is 9.59 Å². The summed E-state index contributed by atoms with van der Waals surface area (Å²) in [6, 6.07) is 18.3. The topological polar surface area (TPSA) is 55.8 Å². The molecule has 1 amide bonds. The summed E-state index contributed by atoms with van der Waals surface area (Å²) in [6.45, 7) is 6.74. The third-order valence-electron chi connectivity index (χ3n) is 7.15. The maximum atomic E-state index is 13.6. The number of benzene rings is 2. The van der Waals surface area contributed by atoms with Crippen LogP contribution in [0.4, 0.5) is 5.69 Å². The standard InChI is InChI=1S/C24H29NO4Si/c1-16-22(30(4,5)17-11-7-6-8-12-17)20(15-21(26)28-3)29-24(16)18-13-9-10-14-19(18)25(2)23(24)27/h6-14,16,20,22H,15H2,1-5H3/t16-,20+,22-,24+/m0/s1. The van der Waals surface area contributed by atoms with Gasteiger partial charge in [-0.1, -0.05) is 73.7 Å². The molecule has 158 valence electrons. The molecule has 2 aromatic rings. The van der Waals surface area contributed by atoms with Crippen LogP contribution in [-0.4, -0.2) is 40.2 Å². The molecule has 30 heavy (non-hydrogen) atoms. The van der Waals surface area contributed by atoms with Gasteiger partial charge in [-0.25, -0.2) is 0 Å². The number of nitrogens with zero attached hydrogens (tertiary/aromatic N) is 1. The average Bonchev–Trinajstić information content (AvgIpc) is 3.16. The Balaban J connectivity index is 1.86. The van der Waals surface area contributed by atoms with E-state index in [1.54, 1.807) is 11.9 Å². The van der Waals surface area contributed by atoms with E-state index in [1.807, 2.05) is 30.3 Å². The lowest BCUT2D eigenvalue weighted by Crippen LogP contribution is -2.51. The van der Waals surface area contributed by atoms with E-state index in [1.165, 1.54) is 12.3 Å². The highest BCUT2D eigenvalue weighted by molar-refractivity contribution is 6.91. The first-order valence-corrected chi connectivity index (χ1v) is 13.5.